The van der Waals surface area contributed by atoms with Gasteiger partial charge in [0.1, 0.15) is 5.69 Å². The maximum absolute atomic E-state index is 13.6. The summed E-state index contributed by atoms with van der Waals surface area (Å²) in [4.78, 5) is 27.2. The lowest BCUT2D eigenvalue weighted by Gasteiger charge is -2.26. The minimum absolute atomic E-state index is 0.0452. The van der Waals surface area contributed by atoms with E-state index in [0.717, 1.165) is 4.90 Å². The molecule has 90 valence electrons. The summed E-state index contributed by atoms with van der Waals surface area (Å²) in [6, 6.07) is 2.32. The van der Waals surface area contributed by atoms with Crippen LogP contribution in [-0.2, 0) is 10.7 Å². The van der Waals surface area contributed by atoms with E-state index in [1.54, 1.807) is 0 Å². The van der Waals surface area contributed by atoms with Gasteiger partial charge in [0.05, 0.1) is 11.6 Å². The lowest BCUT2D eigenvalue weighted by molar-refractivity contribution is -0.120. The van der Waals surface area contributed by atoms with E-state index in [1.165, 1.54) is 12.1 Å². The van der Waals surface area contributed by atoms with Crippen LogP contribution in [0.3, 0.4) is 0 Å². The number of anilines is 1. The quantitative estimate of drug-likeness (QED) is 0.644. The highest BCUT2D eigenvalue weighted by molar-refractivity contribution is 6.16. The third-order valence-corrected chi connectivity index (χ3v) is 2.64. The molecular weight excluding hydrogens is 249 g/mol. The fourth-order valence-corrected chi connectivity index (χ4v) is 1.68. The number of aromatic nitrogens is 1. The van der Waals surface area contributed by atoms with E-state index in [0.29, 0.717) is 5.69 Å². The Morgan fingerprint density at radius 1 is 1.47 bits per heavy atom. The Morgan fingerprint density at radius 2 is 2.24 bits per heavy atom. The van der Waals surface area contributed by atoms with E-state index in [4.69, 9.17) is 11.6 Å². The Hall–Kier alpha value is -1.69. The molecule has 0 spiro atoms. The van der Waals surface area contributed by atoms with Crippen molar-refractivity contribution in [2.75, 3.05) is 11.4 Å². The van der Waals surface area contributed by atoms with Crippen LogP contribution in [0.15, 0.2) is 12.1 Å². The number of amides is 3. The van der Waals surface area contributed by atoms with E-state index in [9.17, 15) is 14.0 Å². The number of carbonyl (C=O) groups is 2. The van der Waals surface area contributed by atoms with Crippen molar-refractivity contribution in [1.29, 1.82) is 0 Å². The summed E-state index contributed by atoms with van der Waals surface area (Å²) in [6.07, 6.45) is 0.141. The van der Waals surface area contributed by atoms with Gasteiger partial charge in [-0.1, -0.05) is 0 Å². The zero-order valence-electron chi connectivity index (χ0n) is 8.74. The minimum atomic E-state index is -0.771. The molecule has 2 heterocycles. The predicted molar refractivity (Wildman–Crippen MR) is 59.3 cm³/mol. The molecule has 0 aliphatic carbocycles. The number of imide groups is 1. The number of pyridine rings is 1. The van der Waals surface area contributed by atoms with Crippen LogP contribution in [0, 0.1) is 5.95 Å². The van der Waals surface area contributed by atoms with Gasteiger partial charge in [0.2, 0.25) is 11.9 Å². The minimum Gasteiger partial charge on any atom is -0.289 e. The van der Waals surface area contributed by atoms with Crippen LogP contribution in [0.2, 0.25) is 0 Å². The predicted octanol–water partition coefficient (Wildman–Crippen LogP) is 1.41. The third kappa shape index (κ3) is 2.36. The van der Waals surface area contributed by atoms with Gasteiger partial charge in [-0.3, -0.25) is 15.0 Å². The highest BCUT2D eigenvalue weighted by Gasteiger charge is 2.26. The van der Waals surface area contributed by atoms with Gasteiger partial charge in [-0.15, -0.1) is 11.6 Å². The number of hydrogen-bond acceptors (Lipinski definition) is 3. The highest BCUT2D eigenvalue weighted by atomic mass is 35.5. The van der Waals surface area contributed by atoms with Crippen LogP contribution in [0.5, 0.6) is 0 Å². The summed E-state index contributed by atoms with van der Waals surface area (Å²) < 4.78 is 13.6. The molecule has 0 unspecified atom stereocenters. The molecule has 0 atom stereocenters. The lowest BCUT2D eigenvalue weighted by Crippen LogP contribution is -2.50. The molecule has 2 rings (SSSR count). The Bertz CT molecular complexity index is 481. The molecular formula is C10H9ClFN3O2. The molecule has 1 saturated heterocycles. The highest BCUT2D eigenvalue weighted by Crippen LogP contribution is 2.20. The first kappa shape index (κ1) is 11.8. The molecule has 17 heavy (non-hydrogen) atoms. The topological polar surface area (TPSA) is 62.3 Å². The largest absolute Gasteiger partial charge is 0.328 e. The number of urea groups is 1. The molecule has 5 nitrogen and oxygen atoms in total. The average Bonchev–Trinajstić information content (AvgIpc) is 2.30. The monoisotopic (exact) mass is 257 g/mol. The number of halogens is 2. The number of rotatable bonds is 2. The first-order valence-electron chi connectivity index (χ1n) is 4.94. The van der Waals surface area contributed by atoms with Crippen LogP contribution in [0.4, 0.5) is 14.9 Å². The van der Waals surface area contributed by atoms with Crippen LogP contribution < -0.4 is 10.2 Å². The fraction of sp³-hybridized carbons (Fsp3) is 0.300. The van der Waals surface area contributed by atoms with Gasteiger partial charge in [0, 0.05) is 13.0 Å². The van der Waals surface area contributed by atoms with Crippen molar-refractivity contribution in [2.24, 2.45) is 0 Å². The van der Waals surface area contributed by atoms with Crippen molar-refractivity contribution < 1.29 is 14.0 Å². The van der Waals surface area contributed by atoms with Gasteiger partial charge in [-0.05, 0) is 12.1 Å². The third-order valence-electron chi connectivity index (χ3n) is 2.37. The first-order chi connectivity index (χ1) is 8.11. The summed E-state index contributed by atoms with van der Waals surface area (Å²) >= 11 is 5.52. The Kier molecular flexibility index (Phi) is 3.23. The van der Waals surface area contributed by atoms with Crippen molar-refractivity contribution in [3.63, 3.8) is 0 Å². The smallest absolute Gasteiger partial charge is 0.289 e. The fourth-order valence-electron chi connectivity index (χ4n) is 1.53. The zero-order chi connectivity index (χ0) is 12.4. The van der Waals surface area contributed by atoms with Crippen LogP contribution in [-0.4, -0.2) is 23.5 Å². The molecule has 1 aromatic rings. The maximum Gasteiger partial charge on any atom is 0.328 e. The van der Waals surface area contributed by atoms with Gasteiger partial charge in [0.25, 0.3) is 0 Å². The Labute approximate surface area is 102 Å². The summed E-state index contributed by atoms with van der Waals surface area (Å²) in [5.41, 5.74) is 0.435. The SMILES string of the molecule is O=C1CCN(c2ccc(CCl)nc2F)C(=O)N1. The Morgan fingerprint density at radius 3 is 2.82 bits per heavy atom. The van der Waals surface area contributed by atoms with Gasteiger partial charge in [-0.2, -0.15) is 4.39 Å². The molecule has 1 aromatic heterocycles. The molecule has 0 saturated carbocycles. The Balaban J connectivity index is 2.28. The van der Waals surface area contributed by atoms with Crippen LogP contribution >= 0.6 is 11.6 Å². The van der Waals surface area contributed by atoms with Crippen molar-refractivity contribution >= 4 is 29.2 Å². The van der Waals surface area contributed by atoms with Crippen LogP contribution in [0.25, 0.3) is 0 Å². The molecule has 1 aliphatic rings. The first-order valence-corrected chi connectivity index (χ1v) is 5.48. The molecule has 1 fully saturated rings. The van der Waals surface area contributed by atoms with E-state index < -0.39 is 12.0 Å². The molecule has 0 bridgehead atoms. The van der Waals surface area contributed by atoms with Gasteiger partial charge in [-0.25, -0.2) is 9.78 Å². The summed E-state index contributed by atoms with van der Waals surface area (Å²) in [5.74, 6) is -1.04. The zero-order valence-corrected chi connectivity index (χ0v) is 9.50. The number of hydrogen-bond donors (Lipinski definition) is 1. The van der Waals surface area contributed by atoms with Gasteiger partial charge in [0.15, 0.2) is 0 Å². The number of nitrogens with one attached hydrogen (secondary N) is 1. The molecule has 3 amide bonds. The standard InChI is InChI=1S/C10H9ClFN3O2/c11-5-6-1-2-7(9(12)13-6)15-4-3-8(16)14-10(15)17/h1-2H,3-5H2,(H,14,16,17). The van der Waals surface area contributed by atoms with Crippen molar-refractivity contribution in [1.82, 2.24) is 10.3 Å². The summed E-state index contributed by atoms with van der Waals surface area (Å²) in [6.45, 7) is 0.142. The molecule has 1 N–H and O–H groups in total. The molecule has 0 radical (unpaired) electrons. The summed E-state index contributed by atoms with van der Waals surface area (Å²) in [7, 11) is 0. The lowest BCUT2D eigenvalue weighted by atomic mass is 10.2. The van der Waals surface area contributed by atoms with E-state index in [2.05, 4.69) is 10.3 Å². The van der Waals surface area contributed by atoms with E-state index >= 15 is 0 Å². The normalized spacial score (nSPS) is 16.0. The second kappa shape index (κ2) is 4.67. The maximum atomic E-state index is 13.6. The summed E-state index contributed by atoms with van der Waals surface area (Å²) in [5, 5.41) is 2.11. The van der Waals surface area contributed by atoms with Gasteiger partial charge < -0.3 is 0 Å². The number of carbonyl (C=O) groups excluding carboxylic acids is 2. The molecule has 7 heteroatoms. The number of nitrogens with zero attached hydrogens (tertiary/aromatic N) is 2. The van der Waals surface area contributed by atoms with Crippen molar-refractivity contribution in [2.45, 2.75) is 12.3 Å². The molecule has 1 aliphatic heterocycles. The van der Waals surface area contributed by atoms with Crippen LogP contribution in [0.1, 0.15) is 12.1 Å². The second-order valence-electron chi connectivity index (χ2n) is 3.50. The van der Waals surface area contributed by atoms with Crippen molar-refractivity contribution in [3.05, 3.63) is 23.8 Å². The van der Waals surface area contributed by atoms with Crippen molar-refractivity contribution in [3.8, 4) is 0 Å². The van der Waals surface area contributed by atoms with Gasteiger partial charge >= 0.3 is 6.03 Å². The number of alkyl halides is 1. The van der Waals surface area contributed by atoms with E-state index in [-0.39, 0.29) is 30.4 Å². The molecule has 0 aromatic carbocycles. The van der Waals surface area contributed by atoms with E-state index in [1.807, 2.05) is 0 Å². The second-order valence-corrected chi connectivity index (χ2v) is 3.77. The average molecular weight is 258 g/mol.